The molecule has 6 N–H and O–H groups in total. The number of fused-ring (bicyclic) bond motifs is 3. The van der Waals surface area contributed by atoms with Gasteiger partial charge in [-0.15, -0.1) is 0 Å². The fraction of sp³-hybridized carbons (Fsp3) is 0.485. The van der Waals surface area contributed by atoms with E-state index in [0.717, 1.165) is 22.3 Å². The van der Waals surface area contributed by atoms with E-state index >= 15 is 0 Å². The second-order valence-corrected chi connectivity index (χ2v) is 13.0. The summed E-state index contributed by atoms with van der Waals surface area (Å²) in [5.41, 5.74) is 8.07. The average Bonchev–Trinajstić information content (AvgIpc) is 3.25. The van der Waals surface area contributed by atoms with E-state index in [-0.39, 0.29) is 32.0 Å². The Morgan fingerprint density at radius 3 is 1.85 bits per heavy atom. The highest BCUT2D eigenvalue weighted by molar-refractivity contribution is 5.90. The lowest BCUT2D eigenvalue weighted by atomic mass is 9.98. The first-order chi connectivity index (χ1) is 21.5. The fourth-order valence-corrected chi connectivity index (χ4v) is 4.90. The molecule has 5 amide bonds. The van der Waals surface area contributed by atoms with Crippen LogP contribution in [0, 0.1) is 0 Å². The van der Waals surface area contributed by atoms with Gasteiger partial charge in [0.1, 0.15) is 23.9 Å². The van der Waals surface area contributed by atoms with Gasteiger partial charge in [0, 0.05) is 19.0 Å². The van der Waals surface area contributed by atoms with Crippen molar-refractivity contribution >= 4 is 30.1 Å². The lowest BCUT2D eigenvalue weighted by Crippen LogP contribution is -2.52. The van der Waals surface area contributed by atoms with Crippen molar-refractivity contribution in [1.29, 1.82) is 0 Å². The van der Waals surface area contributed by atoms with Gasteiger partial charge in [0.15, 0.2) is 0 Å². The summed E-state index contributed by atoms with van der Waals surface area (Å²) in [4.78, 5) is 62.3. The van der Waals surface area contributed by atoms with E-state index in [4.69, 9.17) is 19.9 Å². The summed E-state index contributed by atoms with van der Waals surface area (Å²) in [6, 6.07) is 13.7. The lowest BCUT2D eigenvalue weighted by Gasteiger charge is -2.25. The maximum atomic E-state index is 13.1. The number of hydrogen-bond acceptors (Lipinski definition) is 8. The number of alkyl carbamates (subject to hydrolysis) is 3. The van der Waals surface area contributed by atoms with Gasteiger partial charge in [-0.2, -0.15) is 0 Å². The first-order valence-electron chi connectivity index (χ1n) is 15.2. The summed E-state index contributed by atoms with van der Waals surface area (Å²) < 4.78 is 16.1. The minimum absolute atomic E-state index is 0.0112. The molecule has 0 saturated carbocycles. The SMILES string of the molecule is CC(C)(C)OC(=O)NCC[C@@H](CNC(=O)[C@H](CC(N)=O)NC(=O)OCC1c2ccccc2-c2ccccc21)NC(=O)OC(C)(C)C. The molecule has 0 heterocycles. The monoisotopic (exact) mass is 639 g/mol. The molecule has 13 heteroatoms. The zero-order valence-electron chi connectivity index (χ0n) is 27.2. The molecule has 0 saturated heterocycles. The van der Waals surface area contributed by atoms with Crippen molar-refractivity contribution in [2.24, 2.45) is 5.73 Å². The molecule has 250 valence electrons. The molecule has 3 rings (SSSR count). The minimum Gasteiger partial charge on any atom is -0.449 e. The van der Waals surface area contributed by atoms with Crippen molar-refractivity contribution in [3.05, 3.63) is 59.7 Å². The van der Waals surface area contributed by atoms with E-state index in [1.807, 2.05) is 48.5 Å². The maximum Gasteiger partial charge on any atom is 0.407 e. The standard InChI is InChI=1S/C33H45N5O8/c1-32(2,3)45-29(41)35-16-15-20(37-31(43)46-33(4,5)6)18-36-28(40)26(17-27(34)39)38-30(42)44-19-25-23-13-9-7-11-21(23)22-12-8-10-14-24(22)25/h7-14,20,25-26H,15-19H2,1-6H3,(H2,34,39)(H,35,41)(H,36,40)(H,37,43)(H,38,42)/t20-,26-/m0/s1. The molecule has 0 fully saturated rings. The van der Waals surface area contributed by atoms with Gasteiger partial charge in [-0.05, 0) is 70.2 Å². The van der Waals surface area contributed by atoms with Crippen LogP contribution in [0.3, 0.4) is 0 Å². The van der Waals surface area contributed by atoms with E-state index in [1.54, 1.807) is 41.5 Å². The number of carbonyl (C=O) groups is 5. The topological polar surface area (TPSA) is 187 Å². The van der Waals surface area contributed by atoms with Crippen molar-refractivity contribution in [3.8, 4) is 11.1 Å². The number of carbonyl (C=O) groups excluding carboxylic acids is 5. The number of nitrogens with one attached hydrogen (secondary N) is 4. The van der Waals surface area contributed by atoms with Gasteiger partial charge >= 0.3 is 18.3 Å². The average molecular weight is 640 g/mol. The normalized spacial score (nSPS) is 13.7. The van der Waals surface area contributed by atoms with Crippen LogP contribution in [0.1, 0.15) is 71.4 Å². The second kappa shape index (κ2) is 15.5. The van der Waals surface area contributed by atoms with Crippen molar-refractivity contribution in [1.82, 2.24) is 21.3 Å². The molecule has 46 heavy (non-hydrogen) atoms. The van der Waals surface area contributed by atoms with Gasteiger partial charge in [0.2, 0.25) is 11.8 Å². The minimum atomic E-state index is -1.34. The molecule has 0 bridgehead atoms. The van der Waals surface area contributed by atoms with Gasteiger partial charge in [-0.3, -0.25) is 9.59 Å². The Hall–Kier alpha value is -4.81. The number of nitrogens with two attached hydrogens (primary N) is 1. The number of ether oxygens (including phenoxy) is 3. The van der Waals surface area contributed by atoms with Crippen LogP contribution in [-0.4, -0.2) is 73.1 Å². The third kappa shape index (κ3) is 11.3. The summed E-state index contributed by atoms with van der Waals surface area (Å²) in [5, 5.41) is 10.3. The first kappa shape index (κ1) is 35.7. The summed E-state index contributed by atoms with van der Waals surface area (Å²) in [6.07, 6.45) is -2.55. The Bertz CT molecular complexity index is 1370. The molecule has 1 aliphatic rings. The first-order valence-corrected chi connectivity index (χ1v) is 15.2. The number of benzene rings is 2. The molecular formula is C33H45N5O8. The zero-order valence-corrected chi connectivity index (χ0v) is 27.2. The van der Waals surface area contributed by atoms with Crippen molar-refractivity contribution in [2.45, 2.75) is 83.6 Å². The van der Waals surface area contributed by atoms with Gasteiger partial charge in [0.05, 0.1) is 12.5 Å². The molecule has 2 aromatic carbocycles. The van der Waals surface area contributed by atoms with Crippen molar-refractivity contribution in [2.75, 3.05) is 19.7 Å². The largest absolute Gasteiger partial charge is 0.449 e. The molecular weight excluding hydrogens is 594 g/mol. The fourth-order valence-electron chi connectivity index (χ4n) is 4.90. The predicted molar refractivity (Wildman–Crippen MR) is 171 cm³/mol. The van der Waals surface area contributed by atoms with Gasteiger partial charge < -0.3 is 41.2 Å². The van der Waals surface area contributed by atoms with Crippen LogP contribution in [0.25, 0.3) is 11.1 Å². The number of amides is 5. The third-order valence-corrected chi connectivity index (χ3v) is 6.76. The summed E-state index contributed by atoms with van der Waals surface area (Å²) >= 11 is 0. The molecule has 2 aromatic rings. The molecule has 0 aromatic heterocycles. The zero-order chi connectivity index (χ0) is 34.1. The lowest BCUT2D eigenvalue weighted by molar-refractivity contribution is -0.127. The predicted octanol–water partition coefficient (Wildman–Crippen LogP) is 3.69. The Balaban J connectivity index is 1.61. The maximum absolute atomic E-state index is 13.1. The quantitative estimate of drug-likeness (QED) is 0.218. The van der Waals surface area contributed by atoms with E-state index in [1.165, 1.54) is 0 Å². The summed E-state index contributed by atoms with van der Waals surface area (Å²) in [7, 11) is 0. The molecule has 0 radical (unpaired) electrons. The van der Waals surface area contributed by atoms with E-state index in [0.29, 0.717) is 0 Å². The smallest absolute Gasteiger partial charge is 0.407 e. The molecule has 0 spiro atoms. The van der Waals surface area contributed by atoms with Crippen LogP contribution in [0.2, 0.25) is 0 Å². The highest BCUT2D eigenvalue weighted by Gasteiger charge is 2.30. The second-order valence-electron chi connectivity index (χ2n) is 13.0. The molecule has 1 aliphatic carbocycles. The Labute approximate surface area is 269 Å². The molecule has 0 aliphatic heterocycles. The van der Waals surface area contributed by atoms with Crippen LogP contribution in [0.15, 0.2) is 48.5 Å². The van der Waals surface area contributed by atoms with Crippen LogP contribution >= 0.6 is 0 Å². The Kier molecular flexibility index (Phi) is 12.0. The van der Waals surface area contributed by atoms with Gasteiger partial charge in [-0.25, -0.2) is 14.4 Å². The highest BCUT2D eigenvalue weighted by Crippen LogP contribution is 2.44. The van der Waals surface area contributed by atoms with Crippen LogP contribution in [0.5, 0.6) is 0 Å². The van der Waals surface area contributed by atoms with Crippen molar-refractivity contribution < 1.29 is 38.2 Å². The van der Waals surface area contributed by atoms with Crippen LogP contribution < -0.4 is 27.0 Å². The Morgan fingerprint density at radius 1 is 0.761 bits per heavy atom. The van der Waals surface area contributed by atoms with Crippen LogP contribution in [0.4, 0.5) is 14.4 Å². The summed E-state index contributed by atoms with van der Waals surface area (Å²) in [6.45, 7) is 10.3. The Morgan fingerprint density at radius 2 is 1.30 bits per heavy atom. The van der Waals surface area contributed by atoms with Crippen molar-refractivity contribution in [3.63, 3.8) is 0 Å². The number of hydrogen-bond donors (Lipinski definition) is 5. The van der Waals surface area contributed by atoms with Crippen LogP contribution in [-0.2, 0) is 23.8 Å². The van der Waals surface area contributed by atoms with E-state index in [2.05, 4.69) is 21.3 Å². The molecule has 13 nitrogen and oxygen atoms in total. The van der Waals surface area contributed by atoms with Gasteiger partial charge in [0.25, 0.3) is 0 Å². The van der Waals surface area contributed by atoms with Gasteiger partial charge in [-0.1, -0.05) is 48.5 Å². The highest BCUT2D eigenvalue weighted by atomic mass is 16.6. The van der Waals surface area contributed by atoms with E-state index in [9.17, 15) is 24.0 Å². The van der Waals surface area contributed by atoms with E-state index < -0.39 is 59.8 Å². The number of rotatable bonds is 12. The number of primary amides is 1. The summed E-state index contributed by atoms with van der Waals surface area (Å²) in [5.74, 6) is -1.73. The molecule has 2 atom stereocenters. The molecule has 0 unspecified atom stereocenters. The third-order valence-electron chi connectivity index (χ3n) is 6.76.